The van der Waals surface area contributed by atoms with E-state index in [1.165, 1.54) is 0 Å². The van der Waals surface area contributed by atoms with Crippen LogP contribution in [0.4, 0.5) is 0 Å². The normalized spacial score (nSPS) is 18.9. The molecule has 0 aliphatic carbocycles. The van der Waals surface area contributed by atoms with Crippen LogP contribution >= 0.6 is 0 Å². The molecule has 1 aliphatic heterocycles. The van der Waals surface area contributed by atoms with Crippen LogP contribution in [-0.2, 0) is 16.1 Å². The van der Waals surface area contributed by atoms with Gasteiger partial charge in [0, 0.05) is 23.9 Å². The number of aliphatic carboxylic acids is 1. The Bertz CT molecular complexity index is 688. The molecule has 0 spiro atoms. The summed E-state index contributed by atoms with van der Waals surface area (Å²) in [5, 5.41) is 10.0. The zero-order chi connectivity index (χ0) is 14.3. The number of likely N-dealkylation sites (tertiary alicyclic amines) is 1. The van der Waals surface area contributed by atoms with Crippen molar-refractivity contribution < 1.29 is 19.1 Å². The summed E-state index contributed by atoms with van der Waals surface area (Å²) >= 11 is 0. The number of benzene rings is 1. The first-order chi connectivity index (χ1) is 9.56. The first-order valence-corrected chi connectivity index (χ1v) is 6.54. The van der Waals surface area contributed by atoms with Gasteiger partial charge in [0.25, 0.3) is 0 Å². The van der Waals surface area contributed by atoms with Gasteiger partial charge in [0.05, 0.1) is 12.5 Å². The SMILES string of the molecule is Cc1c(CN2C[C@H](C(=O)O)CC2=O)oc2ccccc12. The summed E-state index contributed by atoms with van der Waals surface area (Å²) in [6.07, 6.45) is 0.0780. The number of aryl methyl sites for hydroxylation is 1. The lowest BCUT2D eigenvalue weighted by molar-refractivity contribution is -0.141. The predicted molar refractivity (Wildman–Crippen MR) is 72.1 cm³/mol. The summed E-state index contributed by atoms with van der Waals surface area (Å²) < 4.78 is 5.76. The van der Waals surface area contributed by atoms with Gasteiger partial charge in [-0.3, -0.25) is 9.59 Å². The first kappa shape index (κ1) is 12.7. The Morgan fingerprint density at radius 2 is 2.20 bits per heavy atom. The molecule has 1 atom stereocenters. The van der Waals surface area contributed by atoms with E-state index >= 15 is 0 Å². The summed E-state index contributed by atoms with van der Waals surface area (Å²) in [6, 6.07) is 7.70. The van der Waals surface area contributed by atoms with E-state index < -0.39 is 11.9 Å². The average molecular weight is 273 g/mol. The maximum Gasteiger partial charge on any atom is 0.308 e. The molecule has 0 radical (unpaired) electrons. The van der Waals surface area contributed by atoms with Crippen molar-refractivity contribution in [1.82, 2.24) is 4.90 Å². The fourth-order valence-corrected chi connectivity index (χ4v) is 2.64. The quantitative estimate of drug-likeness (QED) is 0.930. The van der Waals surface area contributed by atoms with Gasteiger partial charge >= 0.3 is 5.97 Å². The third kappa shape index (κ3) is 2.05. The fourth-order valence-electron chi connectivity index (χ4n) is 2.64. The monoisotopic (exact) mass is 273 g/mol. The van der Waals surface area contributed by atoms with Gasteiger partial charge in [0.2, 0.25) is 5.91 Å². The van der Waals surface area contributed by atoms with Crippen molar-refractivity contribution >= 4 is 22.8 Å². The Morgan fingerprint density at radius 1 is 1.45 bits per heavy atom. The number of hydrogen-bond acceptors (Lipinski definition) is 3. The molecule has 1 amide bonds. The lowest BCUT2D eigenvalue weighted by Gasteiger charge is -2.14. The Hall–Kier alpha value is -2.30. The minimum atomic E-state index is -0.915. The molecule has 2 aromatic rings. The molecule has 1 saturated heterocycles. The minimum absolute atomic E-state index is 0.0780. The molecule has 3 rings (SSSR count). The van der Waals surface area contributed by atoms with Crippen molar-refractivity contribution in [3.63, 3.8) is 0 Å². The third-order valence-corrected chi connectivity index (χ3v) is 3.84. The molecular weight excluding hydrogens is 258 g/mol. The molecular formula is C15H15NO4. The van der Waals surface area contributed by atoms with Gasteiger partial charge in [0.15, 0.2) is 0 Å². The van der Waals surface area contributed by atoms with Crippen LogP contribution in [-0.4, -0.2) is 28.4 Å². The Morgan fingerprint density at radius 3 is 2.85 bits per heavy atom. The van der Waals surface area contributed by atoms with Crippen LogP contribution in [0.5, 0.6) is 0 Å². The molecule has 20 heavy (non-hydrogen) atoms. The van der Waals surface area contributed by atoms with Gasteiger partial charge in [-0.05, 0) is 13.0 Å². The summed E-state index contributed by atoms with van der Waals surface area (Å²) in [6.45, 7) is 2.55. The topological polar surface area (TPSA) is 70.8 Å². The fraction of sp³-hybridized carbons (Fsp3) is 0.333. The molecule has 1 aromatic heterocycles. The third-order valence-electron chi connectivity index (χ3n) is 3.84. The van der Waals surface area contributed by atoms with Crippen LogP contribution < -0.4 is 0 Å². The number of rotatable bonds is 3. The van der Waals surface area contributed by atoms with Crippen LogP contribution in [0.25, 0.3) is 11.0 Å². The van der Waals surface area contributed by atoms with E-state index in [9.17, 15) is 9.59 Å². The molecule has 1 aromatic carbocycles. The largest absolute Gasteiger partial charge is 0.481 e. The summed E-state index contributed by atoms with van der Waals surface area (Å²) in [5.74, 6) is -0.919. The number of carbonyl (C=O) groups excluding carboxylic acids is 1. The second-order valence-corrected chi connectivity index (χ2v) is 5.16. The molecule has 5 heteroatoms. The number of amides is 1. The van der Waals surface area contributed by atoms with E-state index in [1.807, 2.05) is 31.2 Å². The molecule has 0 unspecified atom stereocenters. The zero-order valence-corrected chi connectivity index (χ0v) is 11.1. The number of fused-ring (bicyclic) bond motifs is 1. The summed E-state index contributed by atoms with van der Waals surface area (Å²) in [5.41, 5.74) is 1.80. The van der Waals surface area contributed by atoms with Crippen LogP contribution in [0.2, 0.25) is 0 Å². The highest BCUT2D eigenvalue weighted by molar-refractivity contribution is 5.86. The first-order valence-electron chi connectivity index (χ1n) is 6.54. The maximum absolute atomic E-state index is 11.8. The van der Waals surface area contributed by atoms with Gasteiger partial charge in [-0.2, -0.15) is 0 Å². The molecule has 1 aliphatic rings. The number of carboxylic acid groups (broad SMARTS) is 1. The van der Waals surface area contributed by atoms with Crippen LogP contribution in [0.15, 0.2) is 28.7 Å². The second kappa shape index (κ2) is 4.67. The van der Waals surface area contributed by atoms with E-state index in [-0.39, 0.29) is 18.9 Å². The highest BCUT2D eigenvalue weighted by atomic mass is 16.4. The molecule has 1 fully saturated rings. The van der Waals surface area contributed by atoms with Crippen molar-refractivity contribution in [3.05, 3.63) is 35.6 Å². The average Bonchev–Trinajstić information content (AvgIpc) is 2.93. The van der Waals surface area contributed by atoms with E-state index in [0.29, 0.717) is 6.54 Å². The standard InChI is InChI=1S/C15H15NO4/c1-9-11-4-2-3-5-12(11)20-13(9)8-16-7-10(15(18)19)6-14(16)17/h2-5,10H,6-8H2,1H3,(H,18,19)/t10-/m1/s1. The molecule has 1 N–H and O–H groups in total. The number of carboxylic acids is 1. The van der Waals surface area contributed by atoms with Crippen LogP contribution in [0.1, 0.15) is 17.7 Å². The lowest BCUT2D eigenvalue weighted by atomic mass is 10.1. The minimum Gasteiger partial charge on any atom is -0.481 e. The number of furan rings is 1. The van der Waals surface area contributed by atoms with Crippen molar-refractivity contribution in [2.75, 3.05) is 6.54 Å². The second-order valence-electron chi connectivity index (χ2n) is 5.16. The number of nitrogens with zero attached hydrogens (tertiary/aromatic N) is 1. The molecule has 2 heterocycles. The van der Waals surface area contributed by atoms with Crippen molar-refractivity contribution in [1.29, 1.82) is 0 Å². The van der Waals surface area contributed by atoms with Crippen molar-refractivity contribution in [3.8, 4) is 0 Å². The van der Waals surface area contributed by atoms with E-state index in [2.05, 4.69) is 0 Å². The Balaban J connectivity index is 1.85. The van der Waals surface area contributed by atoms with Crippen LogP contribution in [0.3, 0.4) is 0 Å². The zero-order valence-electron chi connectivity index (χ0n) is 11.1. The highest BCUT2D eigenvalue weighted by Crippen LogP contribution is 2.28. The van der Waals surface area contributed by atoms with Gasteiger partial charge in [0.1, 0.15) is 11.3 Å². The van der Waals surface area contributed by atoms with E-state index in [0.717, 1.165) is 22.3 Å². The Kier molecular flexibility index (Phi) is 2.97. The molecule has 0 bridgehead atoms. The molecule has 0 saturated carbocycles. The smallest absolute Gasteiger partial charge is 0.308 e. The van der Waals surface area contributed by atoms with E-state index in [1.54, 1.807) is 4.90 Å². The van der Waals surface area contributed by atoms with E-state index in [4.69, 9.17) is 9.52 Å². The summed E-state index contributed by atoms with van der Waals surface area (Å²) in [7, 11) is 0. The number of para-hydroxylation sites is 1. The van der Waals surface area contributed by atoms with Gasteiger partial charge in [-0.15, -0.1) is 0 Å². The predicted octanol–water partition coefficient (Wildman–Crippen LogP) is 2.17. The van der Waals surface area contributed by atoms with Gasteiger partial charge < -0.3 is 14.4 Å². The number of carbonyl (C=O) groups is 2. The molecule has 104 valence electrons. The Labute approximate surface area is 115 Å². The maximum atomic E-state index is 11.8. The molecule has 5 nitrogen and oxygen atoms in total. The lowest BCUT2D eigenvalue weighted by Crippen LogP contribution is -2.25. The number of hydrogen-bond donors (Lipinski definition) is 1. The van der Waals surface area contributed by atoms with Crippen LogP contribution in [0, 0.1) is 12.8 Å². The highest BCUT2D eigenvalue weighted by Gasteiger charge is 2.34. The van der Waals surface area contributed by atoms with Crippen molar-refractivity contribution in [2.45, 2.75) is 19.9 Å². The van der Waals surface area contributed by atoms with Gasteiger partial charge in [-0.25, -0.2) is 0 Å². The van der Waals surface area contributed by atoms with Gasteiger partial charge in [-0.1, -0.05) is 18.2 Å². The van der Waals surface area contributed by atoms with Crippen molar-refractivity contribution in [2.24, 2.45) is 5.92 Å². The summed E-state index contributed by atoms with van der Waals surface area (Å²) in [4.78, 5) is 24.4.